The van der Waals surface area contributed by atoms with E-state index in [4.69, 9.17) is 37.0 Å². The fraction of sp³-hybridized carbons (Fsp3) is 0.947. The van der Waals surface area contributed by atoms with Gasteiger partial charge in [-0.15, -0.1) is 0 Å². The zero-order chi connectivity index (χ0) is 69.6. The van der Waals surface area contributed by atoms with Gasteiger partial charge in [0, 0.05) is 25.7 Å². The minimum absolute atomic E-state index is 0.104. The molecule has 19 heteroatoms. The number of aliphatic hydroxyl groups is 1. The summed E-state index contributed by atoms with van der Waals surface area (Å²) in [6.07, 6.45) is 48.4. The van der Waals surface area contributed by atoms with Gasteiger partial charge in [-0.2, -0.15) is 0 Å². The van der Waals surface area contributed by atoms with Gasteiger partial charge in [-0.05, 0) is 49.4 Å². The topological polar surface area (TPSA) is 237 Å². The Hall–Kier alpha value is -1.94. The molecule has 94 heavy (non-hydrogen) atoms. The van der Waals surface area contributed by atoms with Crippen LogP contribution in [0.5, 0.6) is 0 Å². The maximum Gasteiger partial charge on any atom is 0.472 e. The molecule has 0 heterocycles. The van der Waals surface area contributed by atoms with Crippen LogP contribution < -0.4 is 0 Å². The number of hydrogen-bond acceptors (Lipinski definition) is 15. The van der Waals surface area contributed by atoms with Gasteiger partial charge >= 0.3 is 39.5 Å². The van der Waals surface area contributed by atoms with E-state index in [0.29, 0.717) is 25.7 Å². The van der Waals surface area contributed by atoms with Gasteiger partial charge in [0.25, 0.3) is 0 Å². The van der Waals surface area contributed by atoms with E-state index in [-0.39, 0.29) is 25.7 Å². The number of hydrogen-bond donors (Lipinski definition) is 3. The molecule has 0 fully saturated rings. The summed E-state index contributed by atoms with van der Waals surface area (Å²) in [6.45, 7) is 14.2. The van der Waals surface area contributed by atoms with Crippen molar-refractivity contribution >= 4 is 39.5 Å². The van der Waals surface area contributed by atoms with Crippen molar-refractivity contribution < 1.29 is 80.2 Å². The molecule has 0 spiro atoms. The normalized spacial score (nSPS) is 14.7. The Morgan fingerprint density at radius 3 is 0.755 bits per heavy atom. The number of carbonyl (C=O) groups is 4. The molecule has 0 aromatic rings. The van der Waals surface area contributed by atoms with Crippen molar-refractivity contribution in [3.8, 4) is 0 Å². The zero-order valence-corrected chi connectivity index (χ0v) is 63.4. The molecule has 558 valence electrons. The molecule has 0 saturated heterocycles. The summed E-state index contributed by atoms with van der Waals surface area (Å²) in [5, 5.41) is 10.6. The summed E-state index contributed by atoms with van der Waals surface area (Å²) < 4.78 is 68.5. The lowest BCUT2D eigenvalue weighted by Crippen LogP contribution is -2.30. The van der Waals surface area contributed by atoms with Crippen LogP contribution in [-0.4, -0.2) is 96.7 Å². The number of unbranched alkanes of at least 4 members (excludes halogenated alkanes) is 36. The second kappa shape index (κ2) is 64.4. The number of rotatable bonds is 72. The lowest BCUT2D eigenvalue weighted by atomic mass is 9.99. The third-order valence-electron chi connectivity index (χ3n) is 18.0. The van der Waals surface area contributed by atoms with Gasteiger partial charge in [0.1, 0.15) is 19.3 Å². The molecule has 0 aliphatic carbocycles. The van der Waals surface area contributed by atoms with E-state index in [1.165, 1.54) is 180 Å². The van der Waals surface area contributed by atoms with Gasteiger partial charge in [-0.3, -0.25) is 37.3 Å². The molecule has 0 radical (unpaired) electrons. The Kier molecular flexibility index (Phi) is 63.1. The van der Waals surface area contributed by atoms with Crippen molar-refractivity contribution in [2.24, 2.45) is 23.7 Å². The van der Waals surface area contributed by atoms with Gasteiger partial charge in [0.15, 0.2) is 12.2 Å². The van der Waals surface area contributed by atoms with Gasteiger partial charge in [0.05, 0.1) is 26.4 Å². The first-order valence-electron chi connectivity index (χ1n) is 38.8. The van der Waals surface area contributed by atoms with E-state index >= 15 is 0 Å². The second-order valence-electron chi connectivity index (χ2n) is 28.5. The highest BCUT2D eigenvalue weighted by Gasteiger charge is 2.30. The third kappa shape index (κ3) is 66.0. The fourth-order valence-corrected chi connectivity index (χ4v) is 12.9. The summed E-state index contributed by atoms with van der Waals surface area (Å²) >= 11 is 0. The van der Waals surface area contributed by atoms with E-state index in [0.717, 1.165) is 114 Å². The molecule has 17 nitrogen and oxygen atoms in total. The Morgan fingerprint density at radius 2 is 0.511 bits per heavy atom. The average molecular weight is 1380 g/mol. The molecule has 0 aliphatic heterocycles. The Balaban J connectivity index is 5.27. The quantitative estimate of drug-likeness (QED) is 0.0222. The van der Waals surface area contributed by atoms with Gasteiger partial charge in [-0.25, -0.2) is 9.13 Å². The molecule has 0 aromatic carbocycles. The first-order chi connectivity index (χ1) is 45.2. The molecular weight excluding hydrogens is 1230 g/mol. The van der Waals surface area contributed by atoms with Crippen LogP contribution in [0, 0.1) is 23.7 Å². The first-order valence-corrected chi connectivity index (χ1v) is 41.8. The van der Waals surface area contributed by atoms with Crippen molar-refractivity contribution in [2.45, 2.75) is 395 Å². The monoisotopic (exact) mass is 1380 g/mol. The average Bonchev–Trinajstić information content (AvgIpc) is 1.36. The summed E-state index contributed by atoms with van der Waals surface area (Å²) in [7, 11) is -9.91. The summed E-state index contributed by atoms with van der Waals surface area (Å²) in [4.78, 5) is 72.8. The van der Waals surface area contributed by atoms with E-state index in [1.54, 1.807) is 0 Å². The Morgan fingerprint density at radius 1 is 0.298 bits per heavy atom. The van der Waals surface area contributed by atoms with Crippen molar-refractivity contribution in [1.82, 2.24) is 0 Å². The van der Waals surface area contributed by atoms with Crippen molar-refractivity contribution in [2.75, 3.05) is 39.6 Å². The van der Waals surface area contributed by atoms with E-state index in [9.17, 15) is 43.2 Å². The van der Waals surface area contributed by atoms with E-state index in [2.05, 4.69) is 55.4 Å². The van der Waals surface area contributed by atoms with Crippen molar-refractivity contribution in [3.63, 3.8) is 0 Å². The summed E-state index contributed by atoms with van der Waals surface area (Å²) in [5.41, 5.74) is 0. The molecule has 3 N–H and O–H groups in total. The van der Waals surface area contributed by atoms with E-state index in [1.807, 2.05) is 0 Å². The molecule has 7 atom stereocenters. The van der Waals surface area contributed by atoms with Crippen LogP contribution in [0.2, 0.25) is 0 Å². The first kappa shape index (κ1) is 92.1. The second-order valence-corrected chi connectivity index (χ2v) is 31.4. The van der Waals surface area contributed by atoms with Crippen molar-refractivity contribution in [1.29, 1.82) is 0 Å². The lowest BCUT2D eigenvalue weighted by molar-refractivity contribution is -0.161. The summed E-state index contributed by atoms with van der Waals surface area (Å²) in [5.74, 6) is 0.978. The van der Waals surface area contributed by atoms with Crippen molar-refractivity contribution in [3.05, 3.63) is 0 Å². The van der Waals surface area contributed by atoms with Gasteiger partial charge in [0.2, 0.25) is 0 Å². The number of phosphoric ester groups is 2. The smallest absolute Gasteiger partial charge is 0.462 e. The highest BCUT2D eigenvalue weighted by molar-refractivity contribution is 7.47. The van der Waals surface area contributed by atoms with Crippen LogP contribution in [-0.2, 0) is 65.4 Å². The number of carbonyl (C=O) groups excluding carboxylic acids is 4. The van der Waals surface area contributed by atoms with Crippen LogP contribution in [0.4, 0.5) is 0 Å². The number of phosphoric acid groups is 2. The van der Waals surface area contributed by atoms with Gasteiger partial charge < -0.3 is 33.8 Å². The molecule has 4 unspecified atom stereocenters. The van der Waals surface area contributed by atoms with Crippen LogP contribution in [0.25, 0.3) is 0 Å². The minimum Gasteiger partial charge on any atom is -0.462 e. The molecular formula is C75H146O17P2. The maximum atomic E-state index is 13.1. The summed E-state index contributed by atoms with van der Waals surface area (Å²) in [6, 6.07) is 0. The number of ether oxygens (including phenoxy) is 4. The van der Waals surface area contributed by atoms with Gasteiger partial charge in [-0.1, -0.05) is 325 Å². The fourth-order valence-electron chi connectivity index (χ4n) is 11.3. The standard InChI is InChI=1S/C75H146O17P2/c1-9-67(7)53-45-37-29-23-25-32-40-48-56-73(78)86-62-71(92-75(80)58-50-42-34-26-24-30-38-46-54-68(8)10-2)64-90-94(83,84)88-60-69(76)59-87-93(81,82)89-63-70(61-85-72(77)55-47-39-31-21-18-17-20-28-36-44-52-66(5)6)91-74(79)57-49-41-33-22-16-14-12-11-13-15-19-27-35-43-51-65(3)4/h65-71,76H,9-64H2,1-8H3,(H,81,82)(H,83,84)/t67?,68?,69-,70-,71-/m1/s1. The molecule has 0 aliphatic rings. The number of esters is 4. The van der Waals surface area contributed by atoms with Crippen LogP contribution in [0.1, 0.15) is 376 Å². The molecule has 0 amide bonds. The molecule has 0 saturated carbocycles. The van der Waals surface area contributed by atoms with Crippen LogP contribution in [0.3, 0.4) is 0 Å². The predicted octanol–water partition coefficient (Wildman–Crippen LogP) is 21.7. The SMILES string of the molecule is CCC(C)CCCCCCCCCCC(=O)OC[C@H](COP(=O)(O)OC[C@H](O)COP(=O)(O)OC[C@@H](COC(=O)CCCCCCCCCCCCC(C)C)OC(=O)CCCCCCCCCCCCCCCCC(C)C)OC(=O)CCCCCCCCCCC(C)CC. The number of aliphatic hydroxyl groups excluding tert-OH is 1. The van der Waals surface area contributed by atoms with Crippen LogP contribution in [0.15, 0.2) is 0 Å². The maximum absolute atomic E-state index is 13.1. The minimum atomic E-state index is -4.96. The lowest BCUT2D eigenvalue weighted by Gasteiger charge is -2.21. The Bertz CT molecular complexity index is 1850. The predicted molar refractivity (Wildman–Crippen MR) is 381 cm³/mol. The zero-order valence-electron chi connectivity index (χ0n) is 61.6. The van der Waals surface area contributed by atoms with Crippen LogP contribution >= 0.6 is 15.6 Å². The molecule has 0 rings (SSSR count). The Labute approximate surface area is 575 Å². The van der Waals surface area contributed by atoms with E-state index < -0.39 is 97.5 Å². The third-order valence-corrected chi connectivity index (χ3v) is 19.9. The highest BCUT2D eigenvalue weighted by atomic mass is 31.2. The highest BCUT2D eigenvalue weighted by Crippen LogP contribution is 2.45. The largest absolute Gasteiger partial charge is 0.472 e. The molecule has 0 bridgehead atoms. The molecule has 0 aromatic heterocycles.